The zero-order chi connectivity index (χ0) is 24.8. The molecule has 4 rings (SSSR count). The molecule has 178 valence electrons. The quantitative estimate of drug-likeness (QED) is 0.507. The Bertz CT molecular complexity index is 1260. The molecule has 0 aliphatic heterocycles. The van der Waals surface area contributed by atoms with Crippen molar-refractivity contribution >= 4 is 24.0 Å². The molecule has 7 nitrogen and oxygen atoms in total. The summed E-state index contributed by atoms with van der Waals surface area (Å²) in [4.78, 5) is 39.6. The van der Waals surface area contributed by atoms with Gasteiger partial charge in [0.2, 0.25) is 0 Å². The molecule has 1 N–H and O–H groups in total. The third-order valence-corrected chi connectivity index (χ3v) is 5.91. The van der Waals surface area contributed by atoms with Gasteiger partial charge in [0, 0.05) is 0 Å². The average Bonchev–Trinajstić information content (AvgIpc) is 2.89. The van der Waals surface area contributed by atoms with Crippen LogP contribution in [-0.4, -0.2) is 23.0 Å². The molecule has 7 heteroatoms. The van der Waals surface area contributed by atoms with E-state index in [1.54, 1.807) is 32.1 Å². The zero-order valence-corrected chi connectivity index (χ0v) is 19.6. The molecular formula is C28H26N2O5. The maximum Gasteiger partial charge on any atom is 0.430 e. The van der Waals surface area contributed by atoms with Crippen LogP contribution in [0.25, 0.3) is 6.08 Å². The third-order valence-electron chi connectivity index (χ3n) is 5.91. The molecule has 0 fully saturated rings. The molecule has 0 saturated heterocycles. The number of fused-ring (bicyclic) bond motifs is 1. The number of rotatable bonds is 5. The largest absolute Gasteiger partial charge is 0.443 e. The van der Waals surface area contributed by atoms with Gasteiger partial charge in [0.05, 0.1) is 0 Å². The number of ketones is 1. The Labute approximate surface area is 203 Å². The van der Waals surface area contributed by atoms with E-state index in [2.05, 4.69) is 5.43 Å². The summed E-state index contributed by atoms with van der Waals surface area (Å²) in [5, 5.41) is 0.931. The highest BCUT2D eigenvalue weighted by Gasteiger charge is 2.49. The lowest BCUT2D eigenvalue weighted by Gasteiger charge is -2.41. The molecule has 0 saturated carbocycles. The molecule has 0 unspecified atom stereocenters. The Balaban J connectivity index is 1.62. The van der Waals surface area contributed by atoms with Crippen LogP contribution in [0.3, 0.4) is 0 Å². The van der Waals surface area contributed by atoms with Crippen LogP contribution >= 0.6 is 0 Å². The van der Waals surface area contributed by atoms with Crippen molar-refractivity contribution in [3.8, 4) is 0 Å². The lowest BCUT2D eigenvalue weighted by molar-refractivity contribution is -0.128. The first kappa shape index (κ1) is 23.8. The zero-order valence-electron chi connectivity index (χ0n) is 19.6. The predicted molar refractivity (Wildman–Crippen MR) is 131 cm³/mol. The maximum atomic E-state index is 13.5. The highest BCUT2D eigenvalue weighted by Crippen LogP contribution is 2.38. The summed E-state index contributed by atoms with van der Waals surface area (Å²) in [6, 6.07) is 25.5. The molecule has 35 heavy (non-hydrogen) atoms. The summed E-state index contributed by atoms with van der Waals surface area (Å²) in [5.41, 5.74) is 4.26. The topological polar surface area (TPSA) is 84.9 Å². The summed E-state index contributed by atoms with van der Waals surface area (Å²) >= 11 is 0. The number of hydrazine groups is 1. The van der Waals surface area contributed by atoms with E-state index in [0.29, 0.717) is 11.1 Å². The van der Waals surface area contributed by atoms with Gasteiger partial charge < -0.3 is 9.47 Å². The average molecular weight is 471 g/mol. The van der Waals surface area contributed by atoms with Gasteiger partial charge in [-0.3, -0.25) is 4.79 Å². The van der Waals surface area contributed by atoms with Gasteiger partial charge >= 0.3 is 12.2 Å². The van der Waals surface area contributed by atoms with Crippen molar-refractivity contribution in [1.82, 2.24) is 10.4 Å². The highest BCUT2D eigenvalue weighted by molar-refractivity contribution is 6.10. The summed E-state index contributed by atoms with van der Waals surface area (Å²) < 4.78 is 10.8. The van der Waals surface area contributed by atoms with E-state index >= 15 is 0 Å². The molecule has 0 bridgehead atoms. The molecule has 3 aromatic rings. The third kappa shape index (κ3) is 5.09. The van der Waals surface area contributed by atoms with Crippen LogP contribution in [0.2, 0.25) is 0 Å². The normalized spacial score (nSPS) is 16.5. The molecule has 3 aromatic carbocycles. The number of hydrogen-bond donors (Lipinski definition) is 1. The standard InChI is InChI=1S/C28H26N2O5/c1-20-17-23-15-9-10-16-24(23)28(2,25(20)31)30(27(33)35-19-22-13-7-4-8-14-22)29-26(32)34-18-21-11-5-3-6-12-21/h3-17H,18-19H2,1-2H3,(H,29,32)/t28-/m1/s1. The van der Waals surface area contributed by atoms with Crippen LogP contribution in [0.15, 0.2) is 90.5 Å². The fourth-order valence-corrected chi connectivity index (χ4v) is 4.06. The number of carbonyl (C=O) groups is 3. The number of carbonyl (C=O) groups excluding carboxylic acids is 3. The van der Waals surface area contributed by atoms with Crippen molar-refractivity contribution in [1.29, 1.82) is 0 Å². The van der Waals surface area contributed by atoms with Gasteiger partial charge in [0.1, 0.15) is 13.2 Å². The Kier molecular flexibility index (Phi) is 6.96. The van der Waals surface area contributed by atoms with E-state index in [1.165, 1.54) is 0 Å². The molecule has 0 heterocycles. The first-order valence-corrected chi connectivity index (χ1v) is 11.2. The molecule has 1 aliphatic rings. The SMILES string of the molecule is CC1=Cc2ccccc2[C@@](C)(N(NC(=O)OCc2ccccc2)C(=O)OCc2ccccc2)C1=O. The van der Waals surface area contributed by atoms with Crippen LogP contribution in [0, 0.1) is 0 Å². The van der Waals surface area contributed by atoms with Crippen molar-refractivity contribution in [3.63, 3.8) is 0 Å². The number of amides is 2. The minimum absolute atomic E-state index is 0.000243. The minimum atomic E-state index is -1.55. The maximum absolute atomic E-state index is 13.5. The number of Topliss-reactive ketones (excluding diaryl/α,β-unsaturated/α-hetero) is 1. The highest BCUT2D eigenvalue weighted by atomic mass is 16.6. The molecule has 1 atom stereocenters. The van der Waals surface area contributed by atoms with Crippen molar-refractivity contribution < 1.29 is 23.9 Å². The summed E-state index contributed by atoms with van der Waals surface area (Å²) in [5.74, 6) is -0.337. The van der Waals surface area contributed by atoms with Crippen molar-refractivity contribution in [2.75, 3.05) is 0 Å². The monoisotopic (exact) mass is 470 g/mol. The van der Waals surface area contributed by atoms with Gasteiger partial charge in [0.25, 0.3) is 0 Å². The molecule has 0 aromatic heterocycles. The van der Waals surface area contributed by atoms with Gasteiger partial charge in [-0.1, -0.05) is 84.9 Å². The summed E-state index contributed by atoms with van der Waals surface area (Å²) in [6.07, 6.45) is -0.00392. The Morgan fingerprint density at radius 3 is 2.00 bits per heavy atom. The number of nitrogens with zero attached hydrogens (tertiary/aromatic N) is 1. The van der Waals surface area contributed by atoms with Gasteiger partial charge in [-0.2, -0.15) is 5.01 Å². The Morgan fingerprint density at radius 2 is 1.37 bits per heavy atom. The smallest absolute Gasteiger partial charge is 0.430 e. The second kappa shape index (κ2) is 10.3. The van der Waals surface area contributed by atoms with Gasteiger partial charge in [0.15, 0.2) is 11.3 Å². The molecular weight excluding hydrogens is 444 g/mol. The molecule has 0 spiro atoms. The fourth-order valence-electron chi connectivity index (χ4n) is 4.06. The van der Waals surface area contributed by atoms with Crippen LogP contribution in [-0.2, 0) is 33.0 Å². The van der Waals surface area contributed by atoms with Gasteiger partial charge in [-0.15, -0.1) is 0 Å². The van der Waals surface area contributed by atoms with Crippen LogP contribution in [0.5, 0.6) is 0 Å². The number of hydrogen-bond acceptors (Lipinski definition) is 5. The van der Waals surface area contributed by atoms with E-state index in [0.717, 1.165) is 21.7 Å². The fraction of sp³-hybridized carbons (Fsp3) is 0.179. The van der Waals surface area contributed by atoms with Crippen LogP contribution < -0.4 is 5.43 Å². The van der Waals surface area contributed by atoms with Crippen molar-refractivity contribution in [2.24, 2.45) is 0 Å². The van der Waals surface area contributed by atoms with Gasteiger partial charge in [-0.25, -0.2) is 15.0 Å². The number of benzene rings is 3. The Hall–Kier alpha value is -4.39. The second-order valence-corrected chi connectivity index (χ2v) is 8.37. The Morgan fingerprint density at radius 1 is 0.829 bits per heavy atom. The van der Waals surface area contributed by atoms with Gasteiger partial charge in [-0.05, 0) is 47.8 Å². The first-order chi connectivity index (χ1) is 16.9. The second-order valence-electron chi connectivity index (χ2n) is 8.37. The van der Waals surface area contributed by atoms with E-state index < -0.39 is 17.7 Å². The number of ether oxygens (including phenoxy) is 2. The van der Waals surface area contributed by atoms with Crippen molar-refractivity contribution in [3.05, 3.63) is 113 Å². The van der Waals surface area contributed by atoms with Crippen LogP contribution in [0.1, 0.15) is 36.1 Å². The lowest BCUT2D eigenvalue weighted by atomic mass is 9.77. The molecule has 1 aliphatic carbocycles. The van der Waals surface area contributed by atoms with E-state index in [1.807, 2.05) is 72.8 Å². The van der Waals surface area contributed by atoms with Crippen LogP contribution in [0.4, 0.5) is 9.59 Å². The first-order valence-electron chi connectivity index (χ1n) is 11.2. The van der Waals surface area contributed by atoms with Crippen molar-refractivity contribution in [2.45, 2.75) is 32.6 Å². The number of nitrogens with one attached hydrogen (secondary N) is 1. The van der Waals surface area contributed by atoms with E-state index in [4.69, 9.17) is 9.47 Å². The minimum Gasteiger partial charge on any atom is -0.443 e. The summed E-state index contributed by atoms with van der Waals surface area (Å²) in [7, 11) is 0. The molecule has 0 radical (unpaired) electrons. The summed E-state index contributed by atoms with van der Waals surface area (Å²) in [6.45, 7) is 3.24. The molecule has 2 amide bonds. The lowest BCUT2D eigenvalue weighted by Crippen LogP contribution is -2.61. The van der Waals surface area contributed by atoms with E-state index in [-0.39, 0.29) is 19.0 Å². The predicted octanol–water partition coefficient (Wildman–Crippen LogP) is 5.37. The van der Waals surface area contributed by atoms with E-state index in [9.17, 15) is 14.4 Å².